The molecule has 0 atom stereocenters. The van der Waals surface area contributed by atoms with E-state index >= 15 is 0 Å². The molecular weight excluding hydrogens is 270 g/mol. The standard InChI is InChI=1S/C14H19N5O2/c20-12(10-17-13(21)11-2-3-11)18-6-8-19(9-7-18)14-15-4-1-5-16-14/h1,4-5,11H,2-3,6-10H2,(H,17,21). The molecule has 2 aliphatic rings. The number of amides is 2. The summed E-state index contributed by atoms with van der Waals surface area (Å²) in [7, 11) is 0. The summed E-state index contributed by atoms with van der Waals surface area (Å²) in [6, 6.07) is 1.78. The first-order valence-corrected chi connectivity index (χ1v) is 7.31. The second-order valence-corrected chi connectivity index (χ2v) is 5.41. The monoisotopic (exact) mass is 289 g/mol. The highest BCUT2D eigenvalue weighted by atomic mass is 16.2. The predicted molar refractivity (Wildman–Crippen MR) is 76.6 cm³/mol. The summed E-state index contributed by atoms with van der Waals surface area (Å²) >= 11 is 0. The first-order chi connectivity index (χ1) is 10.2. The molecule has 1 saturated heterocycles. The molecular formula is C14H19N5O2. The number of nitrogens with zero attached hydrogens (tertiary/aromatic N) is 4. The Labute approximate surface area is 123 Å². The number of hydrogen-bond acceptors (Lipinski definition) is 5. The topological polar surface area (TPSA) is 78.4 Å². The van der Waals surface area contributed by atoms with E-state index in [-0.39, 0.29) is 24.3 Å². The number of aromatic nitrogens is 2. The molecule has 1 saturated carbocycles. The molecule has 0 bridgehead atoms. The van der Waals surface area contributed by atoms with Crippen LogP contribution in [0.15, 0.2) is 18.5 Å². The lowest BCUT2D eigenvalue weighted by Crippen LogP contribution is -2.51. The third-order valence-corrected chi connectivity index (χ3v) is 3.83. The lowest BCUT2D eigenvalue weighted by atomic mass is 10.3. The van der Waals surface area contributed by atoms with Crippen molar-refractivity contribution in [1.29, 1.82) is 0 Å². The second kappa shape index (κ2) is 6.07. The Morgan fingerprint density at radius 3 is 2.43 bits per heavy atom. The fourth-order valence-electron chi connectivity index (χ4n) is 2.37. The van der Waals surface area contributed by atoms with Crippen molar-refractivity contribution in [2.24, 2.45) is 5.92 Å². The SMILES string of the molecule is O=C(NCC(=O)N1CCN(c2ncccn2)CC1)C1CC1. The molecule has 1 aliphatic carbocycles. The van der Waals surface area contributed by atoms with Gasteiger partial charge in [-0.25, -0.2) is 9.97 Å². The Hall–Kier alpha value is -2.18. The lowest BCUT2D eigenvalue weighted by molar-refractivity contribution is -0.133. The minimum Gasteiger partial charge on any atom is -0.347 e. The van der Waals surface area contributed by atoms with Crippen molar-refractivity contribution in [3.63, 3.8) is 0 Å². The molecule has 112 valence electrons. The Morgan fingerprint density at radius 1 is 1.14 bits per heavy atom. The molecule has 7 nitrogen and oxygen atoms in total. The highest BCUT2D eigenvalue weighted by molar-refractivity contribution is 5.87. The van der Waals surface area contributed by atoms with Crippen LogP contribution in [0.1, 0.15) is 12.8 Å². The predicted octanol–water partition coefficient (Wildman–Crippen LogP) is -0.349. The number of carbonyl (C=O) groups is 2. The van der Waals surface area contributed by atoms with Crippen molar-refractivity contribution >= 4 is 17.8 Å². The molecule has 1 aromatic rings. The quantitative estimate of drug-likeness (QED) is 0.820. The van der Waals surface area contributed by atoms with Crippen LogP contribution in [0.4, 0.5) is 5.95 Å². The minimum absolute atomic E-state index is 0.0136. The van der Waals surface area contributed by atoms with Gasteiger partial charge in [0.2, 0.25) is 17.8 Å². The van der Waals surface area contributed by atoms with Gasteiger partial charge in [-0.2, -0.15) is 0 Å². The Kier molecular flexibility index (Phi) is 3.98. The van der Waals surface area contributed by atoms with Gasteiger partial charge in [-0.1, -0.05) is 0 Å². The van der Waals surface area contributed by atoms with E-state index in [1.807, 2.05) is 0 Å². The molecule has 0 unspecified atom stereocenters. The van der Waals surface area contributed by atoms with Crippen LogP contribution in [-0.4, -0.2) is 59.4 Å². The summed E-state index contributed by atoms with van der Waals surface area (Å²) in [4.78, 5) is 35.8. The Bertz CT molecular complexity index is 509. The molecule has 2 fully saturated rings. The van der Waals surface area contributed by atoms with Crippen molar-refractivity contribution in [2.75, 3.05) is 37.6 Å². The summed E-state index contributed by atoms with van der Waals surface area (Å²) in [5.74, 6) is 0.841. The summed E-state index contributed by atoms with van der Waals surface area (Å²) in [6.45, 7) is 2.81. The third-order valence-electron chi connectivity index (χ3n) is 3.83. The van der Waals surface area contributed by atoms with Crippen molar-refractivity contribution in [1.82, 2.24) is 20.2 Å². The number of rotatable bonds is 4. The Balaban J connectivity index is 1.44. The van der Waals surface area contributed by atoms with Crippen LogP contribution in [0.3, 0.4) is 0 Å². The van der Waals surface area contributed by atoms with Crippen LogP contribution in [0.2, 0.25) is 0 Å². The minimum atomic E-state index is -0.0161. The highest BCUT2D eigenvalue weighted by Gasteiger charge is 2.30. The van der Waals surface area contributed by atoms with Crippen LogP contribution in [0.25, 0.3) is 0 Å². The summed E-state index contributed by atoms with van der Waals surface area (Å²) < 4.78 is 0. The molecule has 1 N–H and O–H groups in total. The number of nitrogens with one attached hydrogen (secondary N) is 1. The Morgan fingerprint density at radius 2 is 1.81 bits per heavy atom. The molecule has 2 amide bonds. The summed E-state index contributed by atoms with van der Waals surface area (Å²) in [5.41, 5.74) is 0. The van der Waals surface area contributed by atoms with Gasteiger partial charge in [0.05, 0.1) is 6.54 Å². The van der Waals surface area contributed by atoms with Crippen molar-refractivity contribution in [3.05, 3.63) is 18.5 Å². The van der Waals surface area contributed by atoms with Gasteiger partial charge in [0, 0.05) is 44.5 Å². The van der Waals surface area contributed by atoms with E-state index in [1.54, 1.807) is 23.4 Å². The van der Waals surface area contributed by atoms with Gasteiger partial charge >= 0.3 is 0 Å². The van der Waals surface area contributed by atoms with Crippen LogP contribution >= 0.6 is 0 Å². The number of hydrogen-bond donors (Lipinski definition) is 1. The highest BCUT2D eigenvalue weighted by Crippen LogP contribution is 2.28. The van der Waals surface area contributed by atoms with Crippen LogP contribution < -0.4 is 10.2 Å². The van der Waals surface area contributed by atoms with E-state index < -0.39 is 0 Å². The van der Waals surface area contributed by atoms with Gasteiger partial charge in [0.25, 0.3) is 0 Å². The molecule has 2 heterocycles. The molecule has 7 heteroatoms. The molecule has 1 aliphatic heterocycles. The van der Waals surface area contributed by atoms with E-state index in [0.717, 1.165) is 12.8 Å². The average molecular weight is 289 g/mol. The first kappa shape index (κ1) is 13.8. The third kappa shape index (κ3) is 3.48. The van der Waals surface area contributed by atoms with Gasteiger partial charge in [0.1, 0.15) is 0 Å². The summed E-state index contributed by atoms with van der Waals surface area (Å²) in [5, 5.41) is 2.72. The maximum absolute atomic E-state index is 12.1. The first-order valence-electron chi connectivity index (χ1n) is 7.31. The van der Waals surface area contributed by atoms with Gasteiger partial charge in [-0.3, -0.25) is 9.59 Å². The van der Waals surface area contributed by atoms with Crippen LogP contribution in [0, 0.1) is 5.92 Å². The smallest absolute Gasteiger partial charge is 0.242 e. The molecule has 21 heavy (non-hydrogen) atoms. The average Bonchev–Trinajstić information content (AvgIpc) is 3.38. The zero-order chi connectivity index (χ0) is 14.7. The number of anilines is 1. The van der Waals surface area contributed by atoms with Crippen LogP contribution in [0.5, 0.6) is 0 Å². The van der Waals surface area contributed by atoms with Crippen molar-refractivity contribution in [2.45, 2.75) is 12.8 Å². The largest absolute Gasteiger partial charge is 0.347 e. The van der Waals surface area contributed by atoms with Gasteiger partial charge in [-0.15, -0.1) is 0 Å². The fourth-order valence-corrected chi connectivity index (χ4v) is 2.37. The maximum atomic E-state index is 12.1. The molecule has 3 rings (SSSR count). The number of carbonyl (C=O) groups excluding carboxylic acids is 2. The molecule has 0 aromatic carbocycles. The van der Waals surface area contributed by atoms with E-state index in [9.17, 15) is 9.59 Å². The van der Waals surface area contributed by atoms with E-state index in [4.69, 9.17) is 0 Å². The molecule has 0 spiro atoms. The maximum Gasteiger partial charge on any atom is 0.242 e. The van der Waals surface area contributed by atoms with E-state index in [0.29, 0.717) is 32.1 Å². The zero-order valence-corrected chi connectivity index (χ0v) is 11.9. The summed E-state index contributed by atoms with van der Waals surface area (Å²) in [6.07, 6.45) is 5.34. The molecule has 0 radical (unpaired) electrons. The van der Waals surface area contributed by atoms with E-state index in [1.165, 1.54) is 0 Å². The number of piperazine rings is 1. The normalized spacial score (nSPS) is 18.5. The zero-order valence-electron chi connectivity index (χ0n) is 11.9. The van der Waals surface area contributed by atoms with Gasteiger partial charge in [0.15, 0.2) is 0 Å². The van der Waals surface area contributed by atoms with Crippen molar-refractivity contribution < 1.29 is 9.59 Å². The van der Waals surface area contributed by atoms with Crippen molar-refractivity contribution in [3.8, 4) is 0 Å². The fraction of sp³-hybridized carbons (Fsp3) is 0.571. The van der Waals surface area contributed by atoms with Gasteiger partial charge in [-0.05, 0) is 18.9 Å². The molecule has 1 aromatic heterocycles. The van der Waals surface area contributed by atoms with Crippen LogP contribution in [-0.2, 0) is 9.59 Å². The lowest BCUT2D eigenvalue weighted by Gasteiger charge is -2.34. The van der Waals surface area contributed by atoms with E-state index in [2.05, 4.69) is 20.2 Å². The second-order valence-electron chi connectivity index (χ2n) is 5.41. The van der Waals surface area contributed by atoms with Gasteiger partial charge < -0.3 is 15.1 Å².